The van der Waals surface area contributed by atoms with Crippen LogP contribution in [0.1, 0.15) is 35.9 Å². The molecule has 0 fully saturated rings. The number of nitrogens with zero attached hydrogens (tertiary/aromatic N) is 1. The zero-order valence-corrected chi connectivity index (χ0v) is 17.4. The molecule has 6 heteroatoms. The van der Waals surface area contributed by atoms with E-state index in [9.17, 15) is 0 Å². The van der Waals surface area contributed by atoms with Crippen molar-refractivity contribution in [1.82, 2.24) is 4.98 Å². The number of anilines is 1. The summed E-state index contributed by atoms with van der Waals surface area (Å²) in [6, 6.07) is 10.0. The average Bonchev–Trinajstić information content (AvgIpc) is 3.00. The molecule has 0 aliphatic carbocycles. The maximum absolute atomic E-state index is 6.16. The Labute approximate surface area is 165 Å². The number of fused-ring (bicyclic) bond motifs is 1. The summed E-state index contributed by atoms with van der Waals surface area (Å²) in [6.07, 6.45) is 4.06. The van der Waals surface area contributed by atoms with Gasteiger partial charge in [0.05, 0.1) is 14.7 Å². The number of aromatic nitrogens is 1. The minimum atomic E-state index is 0.223. The molecule has 0 unspecified atom stereocenters. The van der Waals surface area contributed by atoms with Crippen LogP contribution in [-0.2, 0) is 4.74 Å². The maximum atomic E-state index is 6.16. The summed E-state index contributed by atoms with van der Waals surface area (Å²) in [7, 11) is 1.60. The highest BCUT2D eigenvalue weighted by Gasteiger charge is 2.09. The van der Waals surface area contributed by atoms with Crippen molar-refractivity contribution in [3.63, 3.8) is 0 Å². The standard InChI is InChI=1S/C20H21BrN2O2S/c1-12(2)14-9-17-19(10-16(14)22)26-20(23-17)7-5-13-4-6-18(15(21)8-13)25-11-24-3/h4-10,12H,11,22H2,1-3H3/b7-5+. The molecule has 1 aromatic heterocycles. The van der Waals surface area contributed by atoms with Gasteiger partial charge in [-0.2, -0.15) is 0 Å². The van der Waals surface area contributed by atoms with Gasteiger partial charge in [-0.05, 0) is 63.3 Å². The lowest BCUT2D eigenvalue weighted by atomic mass is 10.0. The number of benzene rings is 2. The lowest BCUT2D eigenvalue weighted by Crippen LogP contribution is -1.99. The Morgan fingerprint density at radius 2 is 2.04 bits per heavy atom. The molecular formula is C20H21BrN2O2S. The van der Waals surface area contributed by atoms with Crippen LogP contribution in [0.25, 0.3) is 22.4 Å². The molecule has 136 valence electrons. The van der Waals surface area contributed by atoms with E-state index in [-0.39, 0.29) is 6.79 Å². The normalized spacial score (nSPS) is 11.7. The molecule has 0 atom stereocenters. The molecule has 1 heterocycles. The third-order valence-electron chi connectivity index (χ3n) is 3.94. The number of halogens is 1. The number of hydrogen-bond donors (Lipinski definition) is 1. The Bertz CT molecular complexity index is 950. The summed E-state index contributed by atoms with van der Waals surface area (Å²) < 4.78 is 12.4. The predicted octanol–water partition coefficient (Wildman–Crippen LogP) is 5.92. The van der Waals surface area contributed by atoms with Crippen LogP contribution >= 0.6 is 27.3 Å². The molecule has 3 rings (SSSR count). The van der Waals surface area contributed by atoms with E-state index in [1.165, 1.54) is 0 Å². The fourth-order valence-corrected chi connectivity index (χ4v) is 4.03. The van der Waals surface area contributed by atoms with Gasteiger partial charge < -0.3 is 15.2 Å². The third-order valence-corrected chi connectivity index (χ3v) is 5.54. The number of rotatable bonds is 6. The van der Waals surface area contributed by atoms with Gasteiger partial charge in [0.1, 0.15) is 10.8 Å². The molecular weight excluding hydrogens is 412 g/mol. The molecule has 0 saturated carbocycles. The number of nitrogen functional groups attached to an aromatic ring is 1. The van der Waals surface area contributed by atoms with Crippen molar-refractivity contribution in [1.29, 1.82) is 0 Å². The summed E-state index contributed by atoms with van der Waals surface area (Å²) in [5.41, 5.74) is 10.2. The third kappa shape index (κ3) is 4.26. The minimum absolute atomic E-state index is 0.223. The zero-order chi connectivity index (χ0) is 18.7. The van der Waals surface area contributed by atoms with Crippen LogP contribution in [-0.4, -0.2) is 18.9 Å². The average molecular weight is 433 g/mol. The highest BCUT2D eigenvalue weighted by molar-refractivity contribution is 9.10. The quantitative estimate of drug-likeness (QED) is 0.387. The molecule has 2 N–H and O–H groups in total. The fourth-order valence-electron chi connectivity index (χ4n) is 2.62. The molecule has 0 amide bonds. The second-order valence-electron chi connectivity index (χ2n) is 6.23. The first-order valence-electron chi connectivity index (χ1n) is 8.27. The number of hydrogen-bond acceptors (Lipinski definition) is 5. The van der Waals surface area contributed by atoms with Crippen molar-refractivity contribution in [2.75, 3.05) is 19.6 Å². The van der Waals surface area contributed by atoms with Crippen LogP contribution in [0, 0.1) is 0 Å². The molecule has 3 aromatic rings. The summed E-state index contributed by atoms with van der Waals surface area (Å²) in [5, 5.41) is 0.955. The molecule has 0 aliphatic rings. The molecule has 26 heavy (non-hydrogen) atoms. The van der Waals surface area contributed by atoms with E-state index >= 15 is 0 Å². The first kappa shape index (κ1) is 18.9. The van der Waals surface area contributed by atoms with Gasteiger partial charge in [-0.15, -0.1) is 11.3 Å². The van der Waals surface area contributed by atoms with Gasteiger partial charge in [-0.25, -0.2) is 4.98 Å². The minimum Gasteiger partial charge on any atom is -0.466 e. The van der Waals surface area contributed by atoms with E-state index in [4.69, 9.17) is 20.2 Å². The summed E-state index contributed by atoms with van der Waals surface area (Å²) in [5.74, 6) is 1.14. The second-order valence-corrected chi connectivity index (χ2v) is 8.15. The summed E-state index contributed by atoms with van der Waals surface area (Å²) >= 11 is 5.16. The molecule has 0 aliphatic heterocycles. The lowest BCUT2D eigenvalue weighted by molar-refractivity contribution is 0.0506. The number of methoxy groups -OCH3 is 1. The van der Waals surface area contributed by atoms with Crippen molar-refractivity contribution in [3.8, 4) is 5.75 Å². The second kappa shape index (κ2) is 8.20. The zero-order valence-electron chi connectivity index (χ0n) is 15.0. The Balaban J connectivity index is 1.83. The Hall–Kier alpha value is -1.89. The highest BCUT2D eigenvalue weighted by Crippen LogP contribution is 2.32. The fraction of sp³-hybridized carbons (Fsp3) is 0.250. The van der Waals surface area contributed by atoms with Crippen molar-refractivity contribution < 1.29 is 9.47 Å². The van der Waals surface area contributed by atoms with Crippen LogP contribution in [0.4, 0.5) is 5.69 Å². The van der Waals surface area contributed by atoms with Gasteiger partial charge in [-0.1, -0.05) is 26.0 Å². The van der Waals surface area contributed by atoms with E-state index in [1.54, 1.807) is 18.4 Å². The van der Waals surface area contributed by atoms with Gasteiger partial charge in [0, 0.05) is 12.8 Å². The topological polar surface area (TPSA) is 57.4 Å². The lowest BCUT2D eigenvalue weighted by Gasteiger charge is -2.08. The predicted molar refractivity (Wildman–Crippen MR) is 114 cm³/mol. The molecule has 4 nitrogen and oxygen atoms in total. The van der Waals surface area contributed by atoms with Gasteiger partial charge in [0.15, 0.2) is 6.79 Å². The van der Waals surface area contributed by atoms with Crippen LogP contribution < -0.4 is 10.5 Å². The molecule has 0 spiro atoms. The Morgan fingerprint density at radius 3 is 2.73 bits per heavy atom. The van der Waals surface area contributed by atoms with Gasteiger partial charge >= 0.3 is 0 Å². The van der Waals surface area contributed by atoms with E-state index in [2.05, 4.69) is 35.8 Å². The largest absolute Gasteiger partial charge is 0.466 e. The van der Waals surface area contributed by atoms with Crippen LogP contribution in [0.2, 0.25) is 0 Å². The Kier molecular flexibility index (Phi) is 5.96. The van der Waals surface area contributed by atoms with Crippen molar-refractivity contribution >= 4 is 55.3 Å². The van der Waals surface area contributed by atoms with Gasteiger partial charge in [0.2, 0.25) is 0 Å². The first-order chi connectivity index (χ1) is 12.5. The van der Waals surface area contributed by atoms with E-state index in [1.807, 2.05) is 36.4 Å². The number of ether oxygens (including phenoxy) is 2. The van der Waals surface area contributed by atoms with Crippen molar-refractivity contribution in [2.24, 2.45) is 0 Å². The molecule has 0 radical (unpaired) electrons. The van der Waals surface area contributed by atoms with Crippen molar-refractivity contribution in [3.05, 3.63) is 50.9 Å². The van der Waals surface area contributed by atoms with E-state index in [0.29, 0.717) is 5.92 Å². The summed E-state index contributed by atoms with van der Waals surface area (Å²) in [4.78, 5) is 4.72. The van der Waals surface area contributed by atoms with Crippen LogP contribution in [0.15, 0.2) is 34.8 Å². The maximum Gasteiger partial charge on any atom is 0.188 e. The van der Waals surface area contributed by atoms with Crippen LogP contribution in [0.3, 0.4) is 0 Å². The summed E-state index contributed by atoms with van der Waals surface area (Å²) in [6.45, 7) is 4.51. The van der Waals surface area contributed by atoms with E-state index in [0.717, 1.165) is 42.3 Å². The first-order valence-corrected chi connectivity index (χ1v) is 9.88. The molecule has 2 aromatic carbocycles. The van der Waals surface area contributed by atoms with Gasteiger partial charge in [-0.3, -0.25) is 0 Å². The smallest absolute Gasteiger partial charge is 0.188 e. The SMILES string of the molecule is COCOc1ccc(/C=C/c2nc3cc(C(C)C)c(N)cc3s2)cc1Br. The monoisotopic (exact) mass is 432 g/mol. The Morgan fingerprint density at radius 1 is 1.23 bits per heavy atom. The molecule has 0 bridgehead atoms. The molecule has 0 saturated heterocycles. The van der Waals surface area contributed by atoms with Crippen molar-refractivity contribution in [2.45, 2.75) is 19.8 Å². The van der Waals surface area contributed by atoms with E-state index < -0.39 is 0 Å². The number of thiazole rings is 1. The number of nitrogens with two attached hydrogens (primary N) is 1. The van der Waals surface area contributed by atoms with Crippen LogP contribution in [0.5, 0.6) is 5.75 Å². The highest BCUT2D eigenvalue weighted by atomic mass is 79.9. The van der Waals surface area contributed by atoms with Gasteiger partial charge in [0.25, 0.3) is 0 Å².